The third-order valence-corrected chi connectivity index (χ3v) is 3.25. The number of halogens is 3. The molecule has 0 amide bonds. The lowest BCUT2D eigenvalue weighted by atomic mass is 10.1. The summed E-state index contributed by atoms with van der Waals surface area (Å²) >= 11 is 14.5. The first-order valence-corrected chi connectivity index (χ1v) is 7.15. The van der Waals surface area contributed by atoms with Gasteiger partial charge in [0.25, 0.3) is 0 Å². The number of benzene rings is 2. The van der Waals surface area contributed by atoms with Gasteiger partial charge in [-0.25, -0.2) is 0 Å². The number of hydrogen-bond acceptors (Lipinski definition) is 2. The molecule has 0 radical (unpaired) electrons. The normalized spacial score (nSPS) is 11.9. The van der Waals surface area contributed by atoms with Crippen molar-refractivity contribution in [1.82, 2.24) is 0 Å². The predicted octanol–water partition coefficient (Wildman–Crippen LogP) is 5.27. The monoisotopic (exact) mass is 358 g/mol. The van der Waals surface area contributed by atoms with Crippen LogP contribution >= 0.6 is 39.1 Å². The van der Waals surface area contributed by atoms with Crippen molar-refractivity contribution in [2.45, 2.75) is 4.29 Å². The molecule has 1 unspecified atom stereocenters. The third kappa shape index (κ3) is 3.96. The van der Waals surface area contributed by atoms with E-state index in [2.05, 4.69) is 15.9 Å². The van der Waals surface area contributed by atoms with Crippen molar-refractivity contribution >= 4 is 44.9 Å². The number of alkyl halides is 2. The Morgan fingerprint density at radius 1 is 1.00 bits per heavy atom. The number of rotatable bonds is 4. The highest BCUT2D eigenvalue weighted by Crippen LogP contribution is 2.24. The van der Waals surface area contributed by atoms with Gasteiger partial charge in [-0.05, 0) is 48.5 Å². The Kier molecular flexibility index (Phi) is 4.86. The zero-order valence-corrected chi connectivity index (χ0v) is 12.7. The summed E-state index contributed by atoms with van der Waals surface area (Å²) in [6.07, 6.45) is 0. The molecule has 0 aliphatic carbocycles. The minimum Gasteiger partial charge on any atom is -0.457 e. The van der Waals surface area contributed by atoms with Crippen LogP contribution in [0.15, 0.2) is 48.5 Å². The van der Waals surface area contributed by atoms with Crippen LogP contribution in [-0.4, -0.2) is 10.1 Å². The molecule has 2 aromatic rings. The molecule has 0 aromatic heterocycles. The second-order valence-corrected chi connectivity index (χ2v) is 6.06. The van der Waals surface area contributed by atoms with E-state index in [-0.39, 0.29) is 5.78 Å². The number of ketones is 1. The summed E-state index contributed by atoms with van der Waals surface area (Å²) in [7, 11) is 0. The summed E-state index contributed by atoms with van der Waals surface area (Å²) in [5, 5.41) is 0.652. The molecule has 2 rings (SSSR count). The van der Waals surface area contributed by atoms with Crippen molar-refractivity contribution < 1.29 is 9.53 Å². The number of Topliss-reactive ketones (excluding diaryl/α,β-unsaturated/α-hetero) is 1. The summed E-state index contributed by atoms with van der Waals surface area (Å²) in [6.45, 7) is 0. The number of carbonyl (C=O) groups is 1. The van der Waals surface area contributed by atoms with Gasteiger partial charge in [-0.2, -0.15) is 0 Å². The molecule has 2 nitrogen and oxygen atoms in total. The molecule has 1 atom stereocenters. The van der Waals surface area contributed by atoms with Gasteiger partial charge >= 0.3 is 0 Å². The highest BCUT2D eigenvalue weighted by Gasteiger charge is 2.13. The van der Waals surface area contributed by atoms with Crippen LogP contribution < -0.4 is 4.74 Å². The maximum atomic E-state index is 11.6. The van der Waals surface area contributed by atoms with Crippen molar-refractivity contribution in [3.63, 3.8) is 0 Å². The molecule has 0 saturated carbocycles. The SMILES string of the molecule is O=C(c1ccc(Oc2ccc(Cl)cc2)cc1)C(Cl)Br. The van der Waals surface area contributed by atoms with Gasteiger partial charge in [0.1, 0.15) is 11.5 Å². The molecule has 0 heterocycles. The quantitative estimate of drug-likeness (QED) is 0.548. The van der Waals surface area contributed by atoms with E-state index in [4.69, 9.17) is 27.9 Å². The lowest BCUT2D eigenvalue weighted by molar-refractivity contribution is 0.101. The highest BCUT2D eigenvalue weighted by molar-refractivity contribution is 9.10. The van der Waals surface area contributed by atoms with Crippen molar-refractivity contribution in [1.29, 1.82) is 0 Å². The minimum absolute atomic E-state index is 0.181. The smallest absolute Gasteiger partial charge is 0.191 e. The Balaban J connectivity index is 2.10. The van der Waals surface area contributed by atoms with Crippen LogP contribution in [0.4, 0.5) is 0 Å². The zero-order valence-electron chi connectivity index (χ0n) is 9.65. The second kappa shape index (κ2) is 6.42. The maximum Gasteiger partial charge on any atom is 0.191 e. The van der Waals surface area contributed by atoms with E-state index in [1.807, 2.05) is 0 Å². The van der Waals surface area contributed by atoms with Gasteiger partial charge in [-0.15, -0.1) is 11.6 Å². The molecular weight excluding hydrogens is 351 g/mol. The van der Waals surface area contributed by atoms with Gasteiger partial charge < -0.3 is 4.74 Å². The van der Waals surface area contributed by atoms with E-state index >= 15 is 0 Å². The van der Waals surface area contributed by atoms with Gasteiger partial charge in [-0.3, -0.25) is 4.79 Å². The van der Waals surface area contributed by atoms with E-state index < -0.39 is 4.29 Å². The molecule has 0 aliphatic heterocycles. The Bertz CT molecular complexity index is 565. The lowest BCUT2D eigenvalue weighted by Gasteiger charge is -2.07. The van der Waals surface area contributed by atoms with E-state index in [0.717, 1.165) is 0 Å². The summed E-state index contributed by atoms with van der Waals surface area (Å²) in [6, 6.07) is 13.8. The number of carbonyl (C=O) groups excluding carboxylic acids is 1. The van der Waals surface area contributed by atoms with E-state index in [0.29, 0.717) is 22.1 Å². The van der Waals surface area contributed by atoms with Gasteiger partial charge in [0.15, 0.2) is 10.1 Å². The lowest BCUT2D eigenvalue weighted by Crippen LogP contribution is -2.06. The molecule has 0 N–H and O–H groups in total. The first-order chi connectivity index (χ1) is 9.06. The molecule has 0 spiro atoms. The van der Waals surface area contributed by atoms with Crippen molar-refractivity contribution in [2.24, 2.45) is 0 Å². The van der Waals surface area contributed by atoms with Crippen molar-refractivity contribution in [3.8, 4) is 11.5 Å². The van der Waals surface area contributed by atoms with Crippen LogP contribution in [0.2, 0.25) is 5.02 Å². The Morgan fingerprint density at radius 2 is 1.47 bits per heavy atom. The first-order valence-electron chi connectivity index (χ1n) is 5.42. The molecule has 0 saturated heterocycles. The van der Waals surface area contributed by atoms with Crippen LogP contribution in [0.25, 0.3) is 0 Å². The average Bonchev–Trinajstić information content (AvgIpc) is 2.41. The standard InChI is InChI=1S/C14H9BrCl2O2/c15-14(17)13(18)9-1-5-11(6-2-9)19-12-7-3-10(16)4-8-12/h1-8,14H. The fraction of sp³-hybridized carbons (Fsp3) is 0.0714. The van der Waals surface area contributed by atoms with Gasteiger partial charge in [-0.1, -0.05) is 27.5 Å². The highest BCUT2D eigenvalue weighted by atomic mass is 79.9. The van der Waals surface area contributed by atoms with Crippen molar-refractivity contribution in [2.75, 3.05) is 0 Å². The zero-order chi connectivity index (χ0) is 13.8. The Labute approximate surface area is 129 Å². The summed E-state index contributed by atoms with van der Waals surface area (Å²) < 4.78 is 4.90. The molecular formula is C14H9BrCl2O2. The van der Waals surface area contributed by atoms with Gasteiger partial charge in [0.05, 0.1) is 0 Å². The topological polar surface area (TPSA) is 26.3 Å². The van der Waals surface area contributed by atoms with Crippen molar-refractivity contribution in [3.05, 3.63) is 59.1 Å². The van der Waals surface area contributed by atoms with Crippen LogP contribution in [0.5, 0.6) is 11.5 Å². The predicted molar refractivity (Wildman–Crippen MR) is 80.9 cm³/mol. The molecule has 0 aliphatic rings. The maximum absolute atomic E-state index is 11.6. The fourth-order valence-electron chi connectivity index (χ4n) is 1.45. The molecule has 0 bridgehead atoms. The van der Waals surface area contributed by atoms with E-state index in [1.165, 1.54) is 0 Å². The van der Waals surface area contributed by atoms with Crippen LogP contribution in [0.1, 0.15) is 10.4 Å². The first kappa shape index (κ1) is 14.4. The Morgan fingerprint density at radius 3 is 1.95 bits per heavy atom. The fourth-order valence-corrected chi connectivity index (χ4v) is 1.97. The van der Waals surface area contributed by atoms with Crippen LogP contribution in [0.3, 0.4) is 0 Å². The van der Waals surface area contributed by atoms with E-state index in [9.17, 15) is 4.79 Å². The molecule has 2 aromatic carbocycles. The van der Waals surface area contributed by atoms with Crippen LogP contribution in [-0.2, 0) is 0 Å². The number of ether oxygens (including phenoxy) is 1. The number of hydrogen-bond donors (Lipinski definition) is 0. The van der Waals surface area contributed by atoms with Gasteiger partial charge in [0.2, 0.25) is 0 Å². The molecule has 98 valence electrons. The minimum atomic E-state index is -0.712. The van der Waals surface area contributed by atoms with Gasteiger partial charge in [0, 0.05) is 10.6 Å². The van der Waals surface area contributed by atoms with Crippen LogP contribution in [0, 0.1) is 0 Å². The second-order valence-electron chi connectivity index (χ2n) is 3.75. The summed E-state index contributed by atoms with van der Waals surface area (Å²) in [4.78, 5) is 11.6. The Hall–Kier alpha value is -1.03. The largest absolute Gasteiger partial charge is 0.457 e. The third-order valence-electron chi connectivity index (χ3n) is 2.39. The molecule has 0 fully saturated rings. The molecule has 19 heavy (non-hydrogen) atoms. The average molecular weight is 360 g/mol. The summed E-state index contributed by atoms with van der Waals surface area (Å²) in [5.41, 5.74) is 0.528. The molecule has 5 heteroatoms. The summed E-state index contributed by atoms with van der Waals surface area (Å²) in [5.74, 6) is 1.14. The van der Waals surface area contributed by atoms with E-state index in [1.54, 1.807) is 48.5 Å².